The maximum absolute atomic E-state index is 14.1. The Labute approximate surface area is 241 Å². The molecule has 0 aromatic heterocycles. The molecule has 0 bridgehead atoms. The van der Waals surface area contributed by atoms with Crippen molar-refractivity contribution in [1.82, 2.24) is 10.2 Å². The van der Waals surface area contributed by atoms with Crippen molar-refractivity contribution in [3.05, 3.63) is 94.5 Å². The van der Waals surface area contributed by atoms with E-state index in [1.165, 1.54) is 12.0 Å². The van der Waals surface area contributed by atoms with Crippen molar-refractivity contribution in [3.63, 3.8) is 0 Å². The Hall–Kier alpha value is -3.56. The first-order chi connectivity index (χ1) is 19.0. The number of sulfonamides is 1. The number of hydrogen-bond acceptors (Lipinski definition) is 5. The van der Waals surface area contributed by atoms with E-state index in [9.17, 15) is 18.0 Å². The van der Waals surface area contributed by atoms with Gasteiger partial charge >= 0.3 is 0 Å². The largest absolute Gasteiger partial charge is 0.495 e. The quantitative estimate of drug-likeness (QED) is 0.317. The van der Waals surface area contributed by atoms with E-state index in [0.717, 1.165) is 28.1 Å². The first-order valence-electron chi connectivity index (χ1n) is 13.0. The predicted octanol–water partition coefficient (Wildman–Crippen LogP) is 4.59. The number of amides is 2. The van der Waals surface area contributed by atoms with Gasteiger partial charge in [-0.2, -0.15) is 0 Å². The summed E-state index contributed by atoms with van der Waals surface area (Å²) in [5.74, 6) is -0.548. The summed E-state index contributed by atoms with van der Waals surface area (Å²) in [5, 5.41) is 3.40. The number of rotatable bonds is 13. The second-order valence-corrected chi connectivity index (χ2v) is 11.9. The fourth-order valence-corrected chi connectivity index (χ4v) is 5.40. The Kier molecular flexibility index (Phi) is 11.0. The first-order valence-corrected chi connectivity index (χ1v) is 15.2. The van der Waals surface area contributed by atoms with Crippen LogP contribution < -0.4 is 14.4 Å². The molecule has 0 unspecified atom stereocenters. The molecule has 1 N–H and O–H groups in total. The third-order valence-corrected chi connectivity index (χ3v) is 7.71. The molecule has 0 saturated heterocycles. The van der Waals surface area contributed by atoms with Gasteiger partial charge < -0.3 is 15.0 Å². The van der Waals surface area contributed by atoms with Gasteiger partial charge in [0.1, 0.15) is 18.3 Å². The van der Waals surface area contributed by atoms with Crippen molar-refractivity contribution in [2.24, 2.45) is 0 Å². The Morgan fingerprint density at radius 2 is 1.70 bits per heavy atom. The number of nitrogens with zero attached hydrogens (tertiary/aromatic N) is 2. The number of benzene rings is 3. The highest BCUT2D eigenvalue weighted by Crippen LogP contribution is 2.31. The van der Waals surface area contributed by atoms with Crippen LogP contribution >= 0.6 is 11.6 Å². The number of ether oxygens (including phenoxy) is 1. The third kappa shape index (κ3) is 8.47. The van der Waals surface area contributed by atoms with Gasteiger partial charge in [-0.15, -0.1) is 0 Å². The molecule has 1 atom stereocenters. The van der Waals surface area contributed by atoms with Crippen molar-refractivity contribution in [2.75, 3.05) is 30.8 Å². The molecule has 0 heterocycles. The number of anilines is 1. The Bertz CT molecular complexity index is 1420. The van der Waals surface area contributed by atoms with Gasteiger partial charge in [-0.25, -0.2) is 8.42 Å². The molecule has 0 spiro atoms. The van der Waals surface area contributed by atoms with Crippen LogP contribution in [0.1, 0.15) is 30.0 Å². The monoisotopic (exact) mass is 585 g/mol. The average Bonchev–Trinajstić information content (AvgIpc) is 2.92. The molecule has 0 aliphatic carbocycles. The van der Waals surface area contributed by atoms with Gasteiger partial charge in [0.25, 0.3) is 0 Å². The van der Waals surface area contributed by atoms with Crippen LogP contribution in [0, 0.1) is 6.92 Å². The predicted molar refractivity (Wildman–Crippen MR) is 159 cm³/mol. The van der Waals surface area contributed by atoms with Gasteiger partial charge in [0, 0.05) is 24.5 Å². The lowest BCUT2D eigenvalue weighted by atomic mass is 10.0. The van der Waals surface area contributed by atoms with Gasteiger partial charge in [0.15, 0.2) is 0 Å². The minimum atomic E-state index is -3.91. The fraction of sp³-hybridized carbons (Fsp3) is 0.333. The van der Waals surface area contributed by atoms with E-state index in [1.54, 1.807) is 36.4 Å². The Morgan fingerprint density at radius 3 is 2.33 bits per heavy atom. The van der Waals surface area contributed by atoms with Crippen LogP contribution in [-0.2, 0) is 32.6 Å². The van der Waals surface area contributed by atoms with Crippen LogP contribution in [0.4, 0.5) is 5.69 Å². The first kappa shape index (κ1) is 31.0. The second-order valence-electron chi connectivity index (χ2n) is 9.59. The van der Waals surface area contributed by atoms with Gasteiger partial charge in [0.2, 0.25) is 21.8 Å². The summed E-state index contributed by atoms with van der Waals surface area (Å²) >= 11 is 6.24. The van der Waals surface area contributed by atoms with Crippen molar-refractivity contribution >= 4 is 39.1 Å². The van der Waals surface area contributed by atoms with E-state index < -0.39 is 28.5 Å². The molecule has 0 aliphatic rings. The summed E-state index contributed by atoms with van der Waals surface area (Å²) in [6.45, 7) is 3.75. The standard InChI is InChI=1S/C30H36ClN3O5S/c1-5-16-32-30(36)27(19-23-10-7-6-8-11-23)33(20-24-12-9-13-25(31)18-24)29(35)21-34(40(4,37)38)26-17-22(2)14-15-28(26)39-3/h6-15,17-18,27H,5,16,19-21H2,1-4H3,(H,32,36)/t27-/m1/s1. The molecule has 10 heteroatoms. The highest BCUT2D eigenvalue weighted by Gasteiger charge is 2.33. The Balaban J connectivity index is 2.08. The molecule has 3 aromatic carbocycles. The van der Waals surface area contributed by atoms with E-state index in [4.69, 9.17) is 16.3 Å². The minimum Gasteiger partial charge on any atom is -0.495 e. The zero-order valence-electron chi connectivity index (χ0n) is 23.3. The van der Waals surface area contributed by atoms with Gasteiger partial charge in [0.05, 0.1) is 19.1 Å². The van der Waals surface area contributed by atoms with E-state index in [0.29, 0.717) is 22.9 Å². The molecule has 0 aliphatic heterocycles. The summed E-state index contributed by atoms with van der Waals surface area (Å²) in [6.07, 6.45) is 2.01. The van der Waals surface area contributed by atoms with Crippen LogP contribution in [-0.4, -0.2) is 57.6 Å². The average molecular weight is 586 g/mol. The highest BCUT2D eigenvalue weighted by atomic mass is 35.5. The third-order valence-electron chi connectivity index (χ3n) is 6.34. The molecule has 40 heavy (non-hydrogen) atoms. The molecule has 3 aromatic rings. The van der Waals surface area contributed by atoms with Crippen molar-refractivity contribution in [3.8, 4) is 5.75 Å². The molecular formula is C30H36ClN3O5S. The summed E-state index contributed by atoms with van der Waals surface area (Å²) in [7, 11) is -2.47. The van der Waals surface area contributed by atoms with E-state index >= 15 is 0 Å². The lowest BCUT2D eigenvalue weighted by Crippen LogP contribution is -2.53. The number of aryl methyl sites for hydroxylation is 1. The van der Waals surface area contributed by atoms with Crippen LogP contribution in [0.5, 0.6) is 5.75 Å². The normalized spacial score (nSPS) is 11.9. The molecule has 2 amide bonds. The van der Waals surface area contributed by atoms with Crippen LogP contribution in [0.2, 0.25) is 5.02 Å². The van der Waals surface area contributed by atoms with Gasteiger partial charge in [-0.1, -0.05) is 67.1 Å². The number of nitrogens with one attached hydrogen (secondary N) is 1. The summed E-state index contributed by atoms with van der Waals surface area (Å²) in [5.41, 5.74) is 2.62. The lowest BCUT2D eigenvalue weighted by molar-refractivity contribution is -0.140. The number of halogens is 1. The minimum absolute atomic E-state index is 0.0546. The number of methoxy groups -OCH3 is 1. The molecule has 214 valence electrons. The van der Waals surface area contributed by atoms with E-state index in [2.05, 4.69) is 5.32 Å². The highest BCUT2D eigenvalue weighted by molar-refractivity contribution is 7.92. The maximum atomic E-state index is 14.1. The zero-order chi connectivity index (χ0) is 29.3. The van der Waals surface area contributed by atoms with Crippen LogP contribution in [0.25, 0.3) is 0 Å². The number of carbonyl (C=O) groups excluding carboxylic acids is 2. The second kappa shape index (κ2) is 14.2. The smallest absolute Gasteiger partial charge is 0.244 e. The topological polar surface area (TPSA) is 96.0 Å². The SMILES string of the molecule is CCCNC(=O)[C@@H](Cc1ccccc1)N(Cc1cccc(Cl)c1)C(=O)CN(c1cc(C)ccc1OC)S(C)(=O)=O. The van der Waals surface area contributed by atoms with Crippen molar-refractivity contribution < 1.29 is 22.7 Å². The molecule has 0 radical (unpaired) electrons. The van der Waals surface area contributed by atoms with Crippen molar-refractivity contribution in [1.29, 1.82) is 0 Å². The summed E-state index contributed by atoms with van der Waals surface area (Å²) in [4.78, 5) is 29.1. The summed E-state index contributed by atoms with van der Waals surface area (Å²) in [6, 6.07) is 20.6. The zero-order valence-corrected chi connectivity index (χ0v) is 24.8. The number of hydrogen-bond donors (Lipinski definition) is 1. The van der Waals surface area contributed by atoms with Gasteiger partial charge in [-0.3, -0.25) is 13.9 Å². The van der Waals surface area contributed by atoms with E-state index in [1.807, 2.05) is 50.2 Å². The van der Waals surface area contributed by atoms with Crippen LogP contribution in [0.15, 0.2) is 72.8 Å². The molecule has 0 saturated carbocycles. The fourth-order valence-electron chi connectivity index (χ4n) is 4.34. The van der Waals surface area contributed by atoms with Crippen LogP contribution in [0.3, 0.4) is 0 Å². The van der Waals surface area contributed by atoms with E-state index in [-0.39, 0.29) is 24.6 Å². The summed E-state index contributed by atoms with van der Waals surface area (Å²) < 4.78 is 32.5. The molecule has 8 nitrogen and oxygen atoms in total. The van der Waals surface area contributed by atoms with Gasteiger partial charge in [-0.05, 0) is 54.3 Å². The molecule has 0 fully saturated rings. The maximum Gasteiger partial charge on any atom is 0.244 e. The lowest BCUT2D eigenvalue weighted by Gasteiger charge is -2.33. The molecular weight excluding hydrogens is 550 g/mol. The Morgan fingerprint density at radius 1 is 1.00 bits per heavy atom. The van der Waals surface area contributed by atoms with Crippen molar-refractivity contribution in [2.45, 2.75) is 39.3 Å². The molecule has 3 rings (SSSR count). The number of carbonyl (C=O) groups is 2.